The summed E-state index contributed by atoms with van der Waals surface area (Å²) < 4.78 is 5.32. The average molecular weight is 609 g/mol. The molecule has 0 aromatic heterocycles. The van der Waals surface area contributed by atoms with E-state index in [4.69, 9.17) is 4.74 Å². The Labute approximate surface area is 269 Å². The topological polar surface area (TPSA) is 63.6 Å². The molecule has 0 aliphatic heterocycles. The van der Waals surface area contributed by atoms with Crippen LogP contribution in [-0.4, -0.2) is 23.1 Å². The van der Waals surface area contributed by atoms with E-state index in [1.807, 2.05) is 0 Å². The van der Waals surface area contributed by atoms with Gasteiger partial charge in [-0.2, -0.15) is 0 Å². The monoisotopic (exact) mass is 609 g/mol. The first-order chi connectivity index (χ1) is 21.1. The third-order valence-electron chi connectivity index (χ3n) is 9.10. The first-order valence-corrected chi connectivity index (χ1v) is 19.5. The maximum absolute atomic E-state index is 12.2. The molecular formula is C39H76O4. The van der Waals surface area contributed by atoms with E-state index in [2.05, 4.69) is 13.8 Å². The van der Waals surface area contributed by atoms with Crippen LogP contribution in [0, 0.1) is 0 Å². The van der Waals surface area contributed by atoms with Gasteiger partial charge in [0.05, 0.1) is 0 Å². The summed E-state index contributed by atoms with van der Waals surface area (Å²) in [6, 6.07) is 0. The summed E-state index contributed by atoms with van der Waals surface area (Å²) in [5.74, 6) is -1.34. The molecule has 1 atom stereocenters. The number of aliphatic carboxylic acids is 1. The van der Waals surface area contributed by atoms with E-state index in [0.29, 0.717) is 12.8 Å². The number of hydrogen-bond donors (Lipinski definition) is 1. The van der Waals surface area contributed by atoms with Crippen molar-refractivity contribution in [2.75, 3.05) is 0 Å². The largest absolute Gasteiger partial charge is 0.479 e. The Balaban J connectivity index is 3.49. The lowest BCUT2D eigenvalue weighted by atomic mass is 10.0. The van der Waals surface area contributed by atoms with Gasteiger partial charge in [-0.25, -0.2) is 4.79 Å². The molecule has 0 heterocycles. The quantitative estimate of drug-likeness (QED) is 0.0567. The van der Waals surface area contributed by atoms with Crippen molar-refractivity contribution in [3.05, 3.63) is 0 Å². The Morgan fingerprint density at radius 2 is 0.674 bits per heavy atom. The SMILES string of the molecule is CCCCCCCCCCCCCCCCCCCCC(OC(=O)CCCCCCCCCCCCCCCC)C(=O)O. The smallest absolute Gasteiger partial charge is 0.345 e. The highest BCUT2D eigenvalue weighted by Crippen LogP contribution is 2.17. The minimum absolute atomic E-state index is 0.339. The fraction of sp³-hybridized carbons (Fsp3) is 0.949. The van der Waals surface area contributed by atoms with Crippen LogP contribution in [0.5, 0.6) is 0 Å². The highest BCUT2D eigenvalue weighted by atomic mass is 16.6. The van der Waals surface area contributed by atoms with Gasteiger partial charge in [0.2, 0.25) is 0 Å². The third-order valence-corrected chi connectivity index (χ3v) is 9.10. The van der Waals surface area contributed by atoms with Crippen molar-refractivity contribution in [3.63, 3.8) is 0 Å². The second kappa shape index (κ2) is 35.4. The van der Waals surface area contributed by atoms with Gasteiger partial charge >= 0.3 is 11.9 Å². The van der Waals surface area contributed by atoms with Crippen LogP contribution in [-0.2, 0) is 14.3 Å². The molecule has 4 nitrogen and oxygen atoms in total. The van der Waals surface area contributed by atoms with E-state index in [0.717, 1.165) is 38.5 Å². The molecule has 1 unspecified atom stereocenters. The van der Waals surface area contributed by atoms with Gasteiger partial charge in [-0.05, 0) is 19.3 Å². The first-order valence-electron chi connectivity index (χ1n) is 19.5. The van der Waals surface area contributed by atoms with Crippen LogP contribution >= 0.6 is 0 Å². The minimum atomic E-state index is -0.999. The Kier molecular flexibility index (Phi) is 34.5. The van der Waals surface area contributed by atoms with Crippen LogP contribution in [0.15, 0.2) is 0 Å². The van der Waals surface area contributed by atoms with Gasteiger partial charge in [0, 0.05) is 6.42 Å². The van der Waals surface area contributed by atoms with E-state index in [1.54, 1.807) is 0 Å². The Bertz CT molecular complexity index is 576. The molecule has 0 bridgehead atoms. The molecule has 0 aliphatic carbocycles. The first kappa shape index (κ1) is 41.9. The predicted molar refractivity (Wildman–Crippen MR) is 186 cm³/mol. The summed E-state index contributed by atoms with van der Waals surface area (Å²) >= 11 is 0. The number of unbranched alkanes of at least 4 members (excludes halogenated alkanes) is 30. The standard InChI is InChI=1S/C39H76O4/c1-3-5-7-9-11-13-15-17-19-20-21-22-23-25-27-29-31-33-35-37(39(41)42)43-38(40)36-34-32-30-28-26-24-18-16-14-12-10-8-6-4-2/h37H,3-36H2,1-2H3,(H,41,42). The van der Waals surface area contributed by atoms with Crippen molar-refractivity contribution >= 4 is 11.9 Å². The number of carbonyl (C=O) groups is 2. The predicted octanol–water partition coefficient (Wildman–Crippen LogP) is 13.3. The summed E-state index contributed by atoms with van der Waals surface area (Å²) in [4.78, 5) is 23.8. The van der Waals surface area contributed by atoms with E-state index in [1.165, 1.54) is 167 Å². The number of esters is 1. The zero-order valence-corrected chi connectivity index (χ0v) is 29.3. The Morgan fingerprint density at radius 3 is 0.953 bits per heavy atom. The molecule has 0 saturated heterocycles. The summed E-state index contributed by atoms with van der Waals surface area (Å²) in [5.41, 5.74) is 0. The molecule has 4 heteroatoms. The minimum Gasteiger partial charge on any atom is -0.479 e. The number of rotatable bonds is 36. The van der Waals surface area contributed by atoms with Crippen LogP contribution in [0.2, 0.25) is 0 Å². The number of hydrogen-bond acceptors (Lipinski definition) is 3. The van der Waals surface area contributed by atoms with Crippen molar-refractivity contribution in [2.45, 2.75) is 238 Å². The van der Waals surface area contributed by atoms with E-state index >= 15 is 0 Å². The van der Waals surface area contributed by atoms with E-state index < -0.39 is 12.1 Å². The molecule has 0 aromatic rings. The van der Waals surface area contributed by atoms with Crippen molar-refractivity contribution in [3.8, 4) is 0 Å². The molecular weight excluding hydrogens is 532 g/mol. The number of ether oxygens (including phenoxy) is 1. The number of carbonyl (C=O) groups excluding carboxylic acids is 1. The highest BCUT2D eigenvalue weighted by Gasteiger charge is 2.21. The lowest BCUT2D eigenvalue weighted by molar-refractivity contribution is -0.164. The summed E-state index contributed by atoms with van der Waals surface area (Å²) in [5, 5.41) is 9.48. The molecule has 0 spiro atoms. The van der Waals surface area contributed by atoms with Gasteiger partial charge in [-0.15, -0.1) is 0 Å². The second-order valence-electron chi connectivity index (χ2n) is 13.5. The van der Waals surface area contributed by atoms with Crippen LogP contribution in [0.25, 0.3) is 0 Å². The van der Waals surface area contributed by atoms with Gasteiger partial charge in [0.25, 0.3) is 0 Å². The maximum atomic E-state index is 12.2. The van der Waals surface area contributed by atoms with Crippen LogP contribution < -0.4 is 0 Å². The fourth-order valence-corrected chi connectivity index (χ4v) is 6.15. The molecule has 0 radical (unpaired) electrons. The zero-order valence-electron chi connectivity index (χ0n) is 29.3. The van der Waals surface area contributed by atoms with Gasteiger partial charge in [-0.1, -0.05) is 206 Å². The Hall–Kier alpha value is -1.06. The molecule has 0 fully saturated rings. The van der Waals surface area contributed by atoms with Crippen molar-refractivity contribution < 1.29 is 19.4 Å². The van der Waals surface area contributed by atoms with E-state index in [-0.39, 0.29) is 5.97 Å². The van der Waals surface area contributed by atoms with Crippen molar-refractivity contribution in [1.82, 2.24) is 0 Å². The van der Waals surface area contributed by atoms with Crippen LogP contribution in [0.3, 0.4) is 0 Å². The summed E-state index contributed by atoms with van der Waals surface area (Å²) in [7, 11) is 0. The molecule has 0 rings (SSSR count). The normalized spacial score (nSPS) is 12.0. The fourth-order valence-electron chi connectivity index (χ4n) is 6.15. The molecule has 0 aromatic carbocycles. The lowest BCUT2D eigenvalue weighted by Gasteiger charge is -2.13. The van der Waals surface area contributed by atoms with Crippen molar-refractivity contribution in [1.29, 1.82) is 0 Å². The van der Waals surface area contributed by atoms with Gasteiger partial charge in [0.15, 0.2) is 6.10 Å². The lowest BCUT2D eigenvalue weighted by Crippen LogP contribution is -2.27. The zero-order chi connectivity index (χ0) is 31.5. The van der Waals surface area contributed by atoms with Gasteiger partial charge < -0.3 is 9.84 Å². The molecule has 0 amide bonds. The number of carboxylic acid groups (broad SMARTS) is 1. The molecule has 43 heavy (non-hydrogen) atoms. The average Bonchev–Trinajstić information content (AvgIpc) is 3.00. The second-order valence-corrected chi connectivity index (χ2v) is 13.5. The number of carboxylic acids is 1. The van der Waals surface area contributed by atoms with Crippen LogP contribution in [0.4, 0.5) is 0 Å². The van der Waals surface area contributed by atoms with Gasteiger partial charge in [-0.3, -0.25) is 4.79 Å². The van der Waals surface area contributed by atoms with Crippen LogP contribution in [0.1, 0.15) is 232 Å². The van der Waals surface area contributed by atoms with E-state index in [9.17, 15) is 14.7 Å². The molecule has 256 valence electrons. The Morgan fingerprint density at radius 1 is 0.419 bits per heavy atom. The maximum Gasteiger partial charge on any atom is 0.345 e. The third kappa shape index (κ3) is 33.7. The molecule has 0 aliphatic rings. The van der Waals surface area contributed by atoms with Crippen molar-refractivity contribution in [2.24, 2.45) is 0 Å². The summed E-state index contributed by atoms with van der Waals surface area (Å²) in [6.45, 7) is 4.55. The summed E-state index contributed by atoms with van der Waals surface area (Å²) in [6.07, 6.45) is 41.4. The highest BCUT2D eigenvalue weighted by molar-refractivity contribution is 5.77. The van der Waals surface area contributed by atoms with Gasteiger partial charge in [0.1, 0.15) is 0 Å². The molecule has 1 N–H and O–H groups in total. The molecule has 0 saturated carbocycles.